The fourth-order valence-electron chi connectivity index (χ4n) is 7.97. The standard InChI is InChI=1S/C59H47N3O3S2/c1-38-14-19-47(32-39(38)2)53(43-10-6-4-7-11-43)34-41-15-20-45(21-16-41)52-30-24-48(33-40(52)3)54(44-12-8-5-9-13-44)35-42-17-25-49(26-18-42)60-50-27-22-46(23-28-50)56-31-29-51(67-56)36-55-58(65)62-59(61-55)66-37-57(63)64/h4-36,60H,37H2,1-3H3,(H,63,64)(H,61,62,65). The first-order valence-corrected chi connectivity index (χ1v) is 23.8. The molecule has 0 saturated heterocycles. The minimum Gasteiger partial charge on any atom is -0.481 e. The normalized spacial score (nSPS) is 13.4. The van der Waals surface area contributed by atoms with Crippen molar-refractivity contribution in [2.75, 3.05) is 11.1 Å². The molecule has 1 amide bonds. The van der Waals surface area contributed by atoms with Gasteiger partial charge in [0.25, 0.3) is 5.91 Å². The van der Waals surface area contributed by atoms with E-state index in [1.165, 1.54) is 44.5 Å². The van der Waals surface area contributed by atoms with E-state index in [1.54, 1.807) is 17.4 Å². The predicted octanol–water partition coefficient (Wildman–Crippen LogP) is 14.6. The van der Waals surface area contributed by atoms with Crippen molar-refractivity contribution in [2.24, 2.45) is 4.99 Å². The smallest absolute Gasteiger partial charge is 0.313 e. The fraction of sp³-hybridized carbons (Fsp3) is 0.0678. The molecule has 2 heterocycles. The number of nitrogens with zero attached hydrogens (tertiary/aromatic N) is 1. The average Bonchev–Trinajstić information content (AvgIpc) is 3.97. The molecule has 0 radical (unpaired) electrons. The third-order valence-corrected chi connectivity index (χ3v) is 13.6. The van der Waals surface area contributed by atoms with Gasteiger partial charge in [0.15, 0.2) is 5.17 Å². The van der Waals surface area contributed by atoms with Gasteiger partial charge in [-0.15, -0.1) is 11.3 Å². The number of carboxylic acids is 1. The molecule has 0 saturated carbocycles. The zero-order chi connectivity index (χ0) is 46.3. The number of amides is 1. The molecule has 1 aromatic heterocycles. The number of aliphatic carboxylic acids is 1. The highest BCUT2D eigenvalue weighted by atomic mass is 32.2. The van der Waals surface area contributed by atoms with Crippen LogP contribution in [-0.2, 0) is 9.59 Å². The summed E-state index contributed by atoms with van der Waals surface area (Å²) < 4.78 is 0. The molecule has 0 fully saturated rings. The molecule has 6 nitrogen and oxygen atoms in total. The number of carboxylic acid groups (broad SMARTS) is 1. The molecule has 0 spiro atoms. The van der Waals surface area contributed by atoms with Crippen LogP contribution in [0.3, 0.4) is 0 Å². The SMILES string of the molecule is Cc1ccc(C(=Cc2ccc(-c3ccc(C(=Cc4ccc(Nc5ccc(-c6ccc(C=C7N=C(SCC(=O)O)NC7=O)s6)cc5)cc4)c4ccccc4)cc3C)cc2)c2ccccc2)cc1C. The Balaban J connectivity index is 0.895. The highest BCUT2D eigenvalue weighted by molar-refractivity contribution is 8.14. The van der Waals surface area contributed by atoms with Crippen LogP contribution in [0.2, 0.25) is 0 Å². The molecule has 67 heavy (non-hydrogen) atoms. The van der Waals surface area contributed by atoms with Gasteiger partial charge in [0.05, 0.1) is 5.75 Å². The number of hydrogen-bond donors (Lipinski definition) is 3. The molecule has 328 valence electrons. The summed E-state index contributed by atoms with van der Waals surface area (Å²) in [6.07, 6.45) is 6.28. The summed E-state index contributed by atoms with van der Waals surface area (Å²) in [4.78, 5) is 29.5. The topological polar surface area (TPSA) is 90.8 Å². The molecule has 8 aromatic rings. The van der Waals surface area contributed by atoms with Gasteiger partial charge in [-0.3, -0.25) is 14.9 Å². The van der Waals surface area contributed by atoms with Gasteiger partial charge in [0.2, 0.25) is 0 Å². The van der Waals surface area contributed by atoms with Crippen LogP contribution in [0.15, 0.2) is 193 Å². The number of aliphatic imine (C=N–C) groups is 1. The van der Waals surface area contributed by atoms with Crippen molar-refractivity contribution in [2.45, 2.75) is 20.8 Å². The summed E-state index contributed by atoms with van der Waals surface area (Å²) in [6.45, 7) is 6.53. The van der Waals surface area contributed by atoms with E-state index in [-0.39, 0.29) is 17.4 Å². The van der Waals surface area contributed by atoms with Crippen molar-refractivity contribution in [1.82, 2.24) is 5.32 Å². The number of rotatable bonds is 13. The van der Waals surface area contributed by atoms with Crippen LogP contribution in [0, 0.1) is 20.8 Å². The van der Waals surface area contributed by atoms with Gasteiger partial charge in [-0.2, -0.15) is 0 Å². The van der Waals surface area contributed by atoms with E-state index in [0.717, 1.165) is 66.3 Å². The van der Waals surface area contributed by atoms with Gasteiger partial charge < -0.3 is 10.4 Å². The van der Waals surface area contributed by atoms with Crippen LogP contribution in [0.4, 0.5) is 11.4 Å². The van der Waals surface area contributed by atoms with Gasteiger partial charge in [0, 0.05) is 21.1 Å². The molecule has 0 atom stereocenters. The summed E-state index contributed by atoms with van der Waals surface area (Å²) in [7, 11) is 0. The Morgan fingerprint density at radius 3 is 1.75 bits per heavy atom. The lowest BCUT2D eigenvalue weighted by atomic mass is 9.91. The van der Waals surface area contributed by atoms with Gasteiger partial charge in [-0.05, 0) is 153 Å². The predicted molar refractivity (Wildman–Crippen MR) is 282 cm³/mol. The maximum absolute atomic E-state index is 12.4. The van der Waals surface area contributed by atoms with E-state index in [4.69, 9.17) is 5.11 Å². The average molecular weight is 910 g/mol. The number of thiophene rings is 1. The Morgan fingerprint density at radius 2 is 1.16 bits per heavy atom. The Hall–Kier alpha value is -7.78. The fourth-order valence-corrected chi connectivity index (χ4v) is 9.51. The van der Waals surface area contributed by atoms with Gasteiger partial charge in [-0.25, -0.2) is 4.99 Å². The monoisotopic (exact) mass is 909 g/mol. The Kier molecular flexibility index (Phi) is 13.4. The zero-order valence-corrected chi connectivity index (χ0v) is 38.9. The second-order valence-corrected chi connectivity index (χ2v) is 18.5. The summed E-state index contributed by atoms with van der Waals surface area (Å²) in [5.41, 5.74) is 18.8. The van der Waals surface area contributed by atoms with E-state index < -0.39 is 5.97 Å². The minimum atomic E-state index is -0.966. The number of aryl methyl sites for hydroxylation is 3. The summed E-state index contributed by atoms with van der Waals surface area (Å²) in [5.74, 6) is -1.47. The maximum Gasteiger partial charge on any atom is 0.313 e. The van der Waals surface area contributed by atoms with E-state index >= 15 is 0 Å². The van der Waals surface area contributed by atoms with Crippen LogP contribution in [0.1, 0.15) is 54.9 Å². The molecule has 0 unspecified atom stereocenters. The van der Waals surface area contributed by atoms with E-state index in [2.05, 4.69) is 218 Å². The minimum absolute atomic E-state index is 0.168. The van der Waals surface area contributed by atoms with Crippen LogP contribution in [0.5, 0.6) is 0 Å². The number of carbonyl (C=O) groups is 2. The number of anilines is 2. The second-order valence-electron chi connectivity index (χ2n) is 16.4. The summed E-state index contributed by atoms with van der Waals surface area (Å²) in [6, 6.07) is 64.3. The number of carbonyl (C=O) groups excluding carboxylic acids is 1. The van der Waals surface area contributed by atoms with Crippen LogP contribution >= 0.6 is 23.1 Å². The van der Waals surface area contributed by atoms with Crippen molar-refractivity contribution < 1.29 is 14.7 Å². The highest BCUT2D eigenvalue weighted by Crippen LogP contribution is 2.35. The number of thioether (sulfide) groups is 1. The number of benzene rings is 7. The highest BCUT2D eigenvalue weighted by Gasteiger charge is 2.21. The van der Waals surface area contributed by atoms with Crippen molar-refractivity contribution in [3.63, 3.8) is 0 Å². The van der Waals surface area contributed by atoms with Crippen molar-refractivity contribution in [3.8, 4) is 21.6 Å². The first kappa shape index (κ1) is 44.4. The molecule has 8 heteroatoms. The first-order valence-electron chi connectivity index (χ1n) is 22.0. The van der Waals surface area contributed by atoms with Crippen molar-refractivity contribution >= 4 is 80.9 Å². The molecule has 3 N–H and O–H groups in total. The number of amidine groups is 1. The Morgan fingerprint density at radius 1 is 0.612 bits per heavy atom. The largest absolute Gasteiger partial charge is 0.481 e. The molecule has 0 bridgehead atoms. The van der Waals surface area contributed by atoms with Gasteiger partial charge in [-0.1, -0.05) is 157 Å². The number of hydrogen-bond acceptors (Lipinski definition) is 6. The molecule has 9 rings (SSSR count). The Labute approximate surface area is 399 Å². The molecular weight excluding hydrogens is 863 g/mol. The van der Waals surface area contributed by atoms with Crippen molar-refractivity contribution in [3.05, 3.63) is 243 Å². The zero-order valence-electron chi connectivity index (χ0n) is 37.3. The van der Waals surface area contributed by atoms with Crippen LogP contribution in [-0.4, -0.2) is 27.9 Å². The van der Waals surface area contributed by atoms with E-state index in [0.29, 0.717) is 5.17 Å². The second kappa shape index (κ2) is 20.2. The lowest BCUT2D eigenvalue weighted by molar-refractivity contribution is -0.133. The first-order chi connectivity index (χ1) is 32.6. The lowest BCUT2D eigenvalue weighted by Crippen LogP contribution is -2.22. The molecule has 0 aliphatic carbocycles. The summed E-state index contributed by atoms with van der Waals surface area (Å²) >= 11 is 2.54. The third-order valence-electron chi connectivity index (χ3n) is 11.7. The number of nitrogens with one attached hydrogen (secondary N) is 2. The van der Waals surface area contributed by atoms with Crippen LogP contribution < -0.4 is 10.6 Å². The molecule has 1 aliphatic rings. The maximum atomic E-state index is 12.4. The van der Waals surface area contributed by atoms with Crippen molar-refractivity contribution in [1.29, 1.82) is 0 Å². The lowest BCUT2D eigenvalue weighted by Gasteiger charge is -2.14. The van der Waals surface area contributed by atoms with Gasteiger partial charge >= 0.3 is 5.97 Å². The molecule has 7 aromatic carbocycles. The van der Waals surface area contributed by atoms with Crippen LogP contribution in [0.25, 0.3) is 50.9 Å². The van der Waals surface area contributed by atoms with E-state index in [1.807, 2.05) is 12.1 Å². The summed E-state index contributed by atoms with van der Waals surface area (Å²) in [5, 5.41) is 15.4. The Bertz CT molecular complexity index is 3220. The van der Waals surface area contributed by atoms with E-state index in [9.17, 15) is 9.59 Å². The molecule has 1 aliphatic heterocycles. The molecular formula is C59H47N3O3S2. The van der Waals surface area contributed by atoms with Gasteiger partial charge in [0.1, 0.15) is 5.70 Å². The quantitative estimate of drug-likeness (QED) is 0.0792. The third kappa shape index (κ3) is 10.9.